The molecule has 0 amide bonds. The number of rotatable bonds is 5. The Bertz CT molecular complexity index is 319. The van der Waals surface area contributed by atoms with E-state index in [1.807, 2.05) is 0 Å². The summed E-state index contributed by atoms with van der Waals surface area (Å²) >= 11 is 7.48. The van der Waals surface area contributed by atoms with Gasteiger partial charge in [0.2, 0.25) is 0 Å². The van der Waals surface area contributed by atoms with E-state index in [2.05, 4.69) is 10.2 Å². The fraction of sp³-hybridized carbons (Fsp3) is 0.846. The third-order valence-electron chi connectivity index (χ3n) is 3.47. The first kappa shape index (κ1) is 13.3. The molecule has 0 saturated heterocycles. The zero-order chi connectivity index (χ0) is 11.9. The van der Waals surface area contributed by atoms with E-state index in [1.165, 1.54) is 43.5 Å². The van der Waals surface area contributed by atoms with Crippen LogP contribution in [-0.2, 0) is 12.8 Å². The van der Waals surface area contributed by atoms with Crippen LogP contribution in [0.3, 0.4) is 0 Å². The van der Waals surface area contributed by atoms with E-state index < -0.39 is 0 Å². The predicted octanol–water partition coefficient (Wildman–Crippen LogP) is 4.22. The highest BCUT2D eigenvalue weighted by Crippen LogP contribution is 2.27. The van der Waals surface area contributed by atoms with Gasteiger partial charge in [0, 0.05) is 18.7 Å². The molecule has 96 valence electrons. The minimum Gasteiger partial charge on any atom is -0.144 e. The van der Waals surface area contributed by atoms with Crippen LogP contribution in [0.25, 0.3) is 0 Å². The highest BCUT2D eigenvalue weighted by atomic mass is 35.5. The van der Waals surface area contributed by atoms with Gasteiger partial charge in [0.15, 0.2) is 0 Å². The highest BCUT2D eigenvalue weighted by molar-refractivity contribution is 7.11. The van der Waals surface area contributed by atoms with Crippen molar-refractivity contribution in [3.05, 3.63) is 10.0 Å². The monoisotopic (exact) mass is 272 g/mol. The maximum absolute atomic E-state index is 5.69. The molecule has 1 saturated carbocycles. The number of halogens is 1. The summed E-state index contributed by atoms with van der Waals surface area (Å²) in [6, 6.07) is 0. The Morgan fingerprint density at radius 1 is 1.06 bits per heavy atom. The molecule has 0 spiro atoms. The summed E-state index contributed by atoms with van der Waals surface area (Å²) in [6.07, 6.45) is 11.6. The molecule has 0 unspecified atom stereocenters. The van der Waals surface area contributed by atoms with Crippen LogP contribution < -0.4 is 0 Å². The van der Waals surface area contributed by atoms with Crippen molar-refractivity contribution in [3.8, 4) is 0 Å². The van der Waals surface area contributed by atoms with Gasteiger partial charge in [0.1, 0.15) is 10.0 Å². The van der Waals surface area contributed by atoms with Crippen LogP contribution in [-0.4, -0.2) is 16.1 Å². The molecule has 4 heteroatoms. The Morgan fingerprint density at radius 3 is 2.47 bits per heavy atom. The SMILES string of the molecule is ClCCCc1nnc(CC2CCCCCC2)s1. The van der Waals surface area contributed by atoms with Gasteiger partial charge in [0.05, 0.1) is 0 Å². The number of hydrogen-bond donors (Lipinski definition) is 0. The largest absolute Gasteiger partial charge is 0.144 e. The van der Waals surface area contributed by atoms with E-state index >= 15 is 0 Å². The van der Waals surface area contributed by atoms with E-state index in [1.54, 1.807) is 11.3 Å². The summed E-state index contributed by atoms with van der Waals surface area (Å²) in [5, 5.41) is 11.0. The van der Waals surface area contributed by atoms with Crippen LogP contribution in [0.2, 0.25) is 0 Å². The Kier molecular flexibility index (Phi) is 5.72. The van der Waals surface area contributed by atoms with Gasteiger partial charge in [-0.05, 0) is 12.3 Å². The Balaban J connectivity index is 1.82. The second-order valence-electron chi connectivity index (χ2n) is 4.94. The maximum atomic E-state index is 5.69. The first-order chi connectivity index (χ1) is 8.38. The molecule has 0 radical (unpaired) electrons. The first-order valence-electron chi connectivity index (χ1n) is 6.75. The second-order valence-corrected chi connectivity index (χ2v) is 6.47. The average Bonchev–Trinajstić information content (AvgIpc) is 2.61. The highest BCUT2D eigenvalue weighted by Gasteiger charge is 2.15. The minimum atomic E-state index is 0.720. The summed E-state index contributed by atoms with van der Waals surface area (Å²) in [7, 11) is 0. The molecule has 0 atom stereocenters. The van der Waals surface area contributed by atoms with E-state index in [4.69, 9.17) is 11.6 Å². The van der Waals surface area contributed by atoms with Gasteiger partial charge in [-0.2, -0.15) is 0 Å². The zero-order valence-corrected chi connectivity index (χ0v) is 11.9. The third-order valence-corrected chi connectivity index (χ3v) is 4.74. The van der Waals surface area contributed by atoms with Crippen LogP contribution >= 0.6 is 22.9 Å². The molecule has 0 aliphatic heterocycles. The third kappa shape index (κ3) is 4.55. The van der Waals surface area contributed by atoms with Gasteiger partial charge in [-0.15, -0.1) is 33.1 Å². The summed E-state index contributed by atoms with van der Waals surface area (Å²) in [4.78, 5) is 0. The van der Waals surface area contributed by atoms with Crippen molar-refractivity contribution in [2.45, 2.75) is 57.8 Å². The predicted molar refractivity (Wildman–Crippen MR) is 73.8 cm³/mol. The molecule has 1 aromatic heterocycles. The molecule has 2 nitrogen and oxygen atoms in total. The number of alkyl halides is 1. The lowest BCUT2D eigenvalue weighted by atomic mass is 9.97. The van der Waals surface area contributed by atoms with Gasteiger partial charge in [-0.3, -0.25) is 0 Å². The summed E-state index contributed by atoms with van der Waals surface area (Å²) in [6.45, 7) is 0. The van der Waals surface area contributed by atoms with Crippen molar-refractivity contribution in [1.82, 2.24) is 10.2 Å². The molecule has 1 heterocycles. The van der Waals surface area contributed by atoms with Crippen LogP contribution in [0.5, 0.6) is 0 Å². The van der Waals surface area contributed by atoms with E-state index in [-0.39, 0.29) is 0 Å². The number of aromatic nitrogens is 2. The summed E-state index contributed by atoms with van der Waals surface area (Å²) in [5.74, 6) is 1.57. The number of hydrogen-bond acceptors (Lipinski definition) is 3. The van der Waals surface area contributed by atoms with Gasteiger partial charge < -0.3 is 0 Å². The van der Waals surface area contributed by atoms with Crippen molar-refractivity contribution in [2.24, 2.45) is 5.92 Å². The van der Waals surface area contributed by atoms with Crippen LogP contribution in [0, 0.1) is 5.92 Å². The summed E-state index contributed by atoms with van der Waals surface area (Å²) < 4.78 is 0. The summed E-state index contributed by atoms with van der Waals surface area (Å²) in [5.41, 5.74) is 0. The molecular formula is C13H21ClN2S. The Hall–Kier alpha value is -0.150. The fourth-order valence-electron chi connectivity index (χ4n) is 2.50. The van der Waals surface area contributed by atoms with Gasteiger partial charge in [-0.25, -0.2) is 0 Å². The molecule has 2 rings (SSSR count). The van der Waals surface area contributed by atoms with Gasteiger partial charge >= 0.3 is 0 Å². The van der Waals surface area contributed by atoms with E-state index in [0.29, 0.717) is 0 Å². The second kappa shape index (κ2) is 7.32. The molecule has 1 fully saturated rings. The van der Waals surface area contributed by atoms with Crippen LogP contribution in [0.1, 0.15) is 55.0 Å². The lowest BCUT2D eigenvalue weighted by molar-refractivity contribution is 0.456. The Morgan fingerprint density at radius 2 is 1.76 bits per heavy atom. The minimum absolute atomic E-state index is 0.720. The van der Waals surface area contributed by atoms with Crippen molar-refractivity contribution >= 4 is 22.9 Å². The first-order valence-corrected chi connectivity index (χ1v) is 8.11. The normalized spacial score (nSPS) is 18.2. The van der Waals surface area contributed by atoms with E-state index in [0.717, 1.165) is 36.1 Å². The van der Waals surface area contributed by atoms with Crippen molar-refractivity contribution < 1.29 is 0 Å². The fourth-order valence-corrected chi connectivity index (χ4v) is 3.64. The molecule has 0 bridgehead atoms. The molecule has 0 N–H and O–H groups in total. The lowest BCUT2D eigenvalue weighted by Crippen LogP contribution is -2.02. The number of nitrogens with zero attached hydrogens (tertiary/aromatic N) is 2. The quantitative estimate of drug-likeness (QED) is 0.592. The topological polar surface area (TPSA) is 25.8 Å². The maximum Gasteiger partial charge on any atom is 0.117 e. The lowest BCUT2D eigenvalue weighted by Gasteiger charge is -2.10. The molecule has 17 heavy (non-hydrogen) atoms. The smallest absolute Gasteiger partial charge is 0.117 e. The van der Waals surface area contributed by atoms with Crippen molar-refractivity contribution in [1.29, 1.82) is 0 Å². The average molecular weight is 273 g/mol. The molecule has 1 aliphatic rings. The number of aryl methyl sites for hydroxylation is 1. The molecule has 0 aromatic carbocycles. The van der Waals surface area contributed by atoms with Gasteiger partial charge in [0.25, 0.3) is 0 Å². The van der Waals surface area contributed by atoms with Crippen molar-refractivity contribution in [3.63, 3.8) is 0 Å². The standard InChI is InChI=1S/C13H21ClN2S/c14-9-5-8-12-15-16-13(17-12)10-11-6-3-1-2-4-7-11/h11H,1-10H2. The van der Waals surface area contributed by atoms with Gasteiger partial charge in [-0.1, -0.05) is 38.5 Å². The van der Waals surface area contributed by atoms with Crippen LogP contribution in [0.4, 0.5) is 0 Å². The molecule has 1 aromatic rings. The Labute approximate surface area is 113 Å². The zero-order valence-electron chi connectivity index (χ0n) is 10.3. The van der Waals surface area contributed by atoms with Crippen molar-refractivity contribution in [2.75, 3.05) is 5.88 Å². The van der Waals surface area contributed by atoms with E-state index in [9.17, 15) is 0 Å². The molecule has 1 aliphatic carbocycles. The van der Waals surface area contributed by atoms with Crippen LogP contribution in [0.15, 0.2) is 0 Å². The molecular weight excluding hydrogens is 252 g/mol.